The van der Waals surface area contributed by atoms with E-state index in [2.05, 4.69) is 0 Å². The molecule has 0 unspecified atom stereocenters. The topological polar surface area (TPSA) is 327 Å². The Kier molecular flexibility index (Phi) is 426. The summed E-state index contributed by atoms with van der Waals surface area (Å²) in [6.07, 6.45) is 0. The molecule has 0 fully saturated rings. The molecule has 0 aromatic carbocycles. The molecule has 96 valence electrons. The van der Waals surface area contributed by atoms with Gasteiger partial charge < -0.3 is 43.8 Å². The van der Waals surface area contributed by atoms with Gasteiger partial charge >= 0.3 is 10.4 Å². The Hall–Kier alpha value is -0.450. The standard InChI is InChI=1S/H2O4S.8H2O/c1-5(2,3)4;;;;;;;;/h(H2,1,2,3,4);8*1H2. The zero-order valence-electron chi connectivity index (χ0n) is 6.12. The third-order valence-corrected chi connectivity index (χ3v) is 0. The van der Waals surface area contributed by atoms with Crippen molar-refractivity contribution < 1.29 is 61.3 Å². The fourth-order valence-electron chi connectivity index (χ4n) is 0. The maximum Gasteiger partial charge on any atom is 0.394 e. The van der Waals surface area contributed by atoms with E-state index in [1.807, 2.05) is 0 Å². The minimum Gasteiger partial charge on any atom is -0.412 e. The smallest absolute Gasteiger partial charge is 0.394 e. The van der Waals surface area contributed by atoms with E-state index in [0.29, 0.717) is 0 Å². The normalized spacial score (nSPS) is 4.46. The highest BCUT2D eigenvalue weighted by atomic mass is 32.3. The molecule has 0 aromatic heterocycles. The van der Waals surface area contributed by atoms with Crippen molar-refractivity contribution in [3.05, 3.63) is 0 Å². The largest absolute Gasteiger partial charge is 0.412 e. The first-order chi connectivity index (χ1) is 2.00. The van der Waals surface area contributed by atoms with E-state index >= 15 is 0 Å². The lowest BCUT2D eigenvalue weighted by atomic mass is 15.8. The van der Waals surface area contributed by atoms with Gasteiger partial charge in [-0.3, -0.25) is 9.11 Å². The summed E-state index contributed by atoms with van der Waals surface area (Å²) in [5, 5.41) is 0. The number of hydrogen-bond donors (Lipinski definition) is 2. The summed E-state index contributed by atoms with van der Waals surface area (Å²) in [4.78, 5) is 0. The van der Waals surface area contributed by atoms with E-state index in [1.165, 1.54) is 0 Å². The first-order valence-electron chi connectivity index (χ1n) is 0.698. The van der Waals surface area contributed by atoms with E-state index in [-0.39, 0.29) is 43.8 Å². The molecule has 0 radical (unpaired) electrons. The minimum atomic E-state index is -4.67. The van der Waals surface area contributed by atoms with Gasteiger partial charge in [-0.25, -0.2) is 0 Å². The van der Waals surface area contributed by atoms with Gasteiger partial charge in [0.05, 0.1) is 0 Å². The molecule has 0 aliphatic carbocycles. The van der Waals surface area contributed by atoms with Crippen LogP contribution in [0.15, 0.2) is 0 Å². The molecule has 0 aliphatic heterocycles. The lowest BCUT2D eigenvalue weighted by Gasteiger charge is -1.68. The molecule has 0 aliphatic rings. The summed E-state index contributed by atoms with van der Waals surface area (Å²) in [5.74, 6) is 0. The van der Waals surface area contributed by atoms with Crippen LogP contribution in [0.25, 0.3) is 0 Å². The number of hydrogen-bond acceptors (Lipinski definition) is 2. The Morgan fingerprint density at radius 2 is 0.538 bits per heavy atom. The highest BCUT2D eigenvalue weighted by Gasteiger charge is 1.84. The van der Waals surface area contributed by atoms with Crippen molar-refractivity contribution in [1.29, 1.82) is 0 Å². The summed E-state index contributed by atoms with van der Waals surface area (Å²) in [6, 6.07) is 0. The summed E-state index contributed by atoms with van der Waals surface area (Å²) in [6.45, 7) is 0. The van der Waals surface area contributed by atoms with Crippen LogP contribution in [0.5, 0.6) is 0 Å². The van der Waals surface area contributed by atoms with Gasteiger partial charge in [-0.05, 0) is 0 Å². The molecule has 13 heteroatoms. The van der Waals surface area contributed by atoms with Crippen LogP contribution >= 0.6 is 0 Å². The quantitative estimate of drug-likeness (QED) is 0.390. The molecule has 0 saturated heterocycles. The molecule has 0 atom stereocenters. The van der Waals surface area contributed by atoms with Crippen molar-refractivity contribution in [2.45, 2.75) is 0 Å². The Morgan fingerprint density at radius 1 is 0.538 bits per heavy atom. The predicted octanol–water partition coefficient (Wildman–Crippen LogP) is -7.25. The lowest BCUT2D eigenvalue weighted by Crippen LogP contribution is -1.89. The van der Waals surface area contributed by atoms with Crippen LogP contribution in [0.4, 0.5) is 0 Å². The fourth-order valence-corrected chi connectivity index (χ4v) is 0. The molecule has 13 heavy (non-hydrogen) atoms. The summed E-state index contributed by atoms with van der Waals surface area (Å²) in [5.41, 5.74) is 0. The maximum atomic E-state index is 8.74. The highest BCUT2D eigenvalue weighted by Crippen LogP contribution is 1.59. The van der Waals surface area contributed by atoms with Crippen LogP contribution in [-0.2, 0) is 10.4 Å². The SMILES string of the molecule is O.O.O.O.O.O.O.O.O=S(=O)(O)O. The molecular weight excluding hydrogens is 224 g/mol. The van der Waals surface area contributed by atoms with Gasteiger partial charge in [0.1, 0.15) is 0 Å². The van der Waals surface area contributed by atoms with Crippen LogP contribution in [0.2, 0.25) is 0 Å². The Morgan fingerprint density at radius 3 is 0.538 bits per heavy atom. The van der Waals surface area contributed by atoms with Gasteiger partial charge in [0, 0.05) is 0 Å². The molecule has 0 bridgehead atoms. The minimum absolute atomic E-state index is 0. The lowest BCUT2D eigenvalue weighted by molar-refractivity contribution is 0.381. The number of rotatable bonds is 0. The molecule has 0 amide bonds. The van der Waals surface area contributed by atoms with Crippen molar-refractivity contribution in [2.75, 3.05) is 0 Å². The van der Waals surface area contributed by atoms with E-state index in [9.17, 15) is 0 Å². The summed E-state index contributed by atoms with van der Waals surface area (Å²) < 4.78 is 31.6. The molecule has 0 heterocycles. The first kappa shape index (κ1) is 133. The summed E-state index contributed by atoms with van der Waals surface area (Å²) >= 11 is 0. The van der Waals surface area contributed by atoms with Crippen molar-refractivity contribution in [1.82, 2.24) is 0 Å². The van der Waals surface area contributed by atoms with E-state index in [0.717, 1.165) is 0 Å². The molecule has 0 rings (SSSR count). The van der Waals surface area contributed by atoms with E-state index in [1.54, 1.807) is 0 Å². The average molecular weight is 242 g/mol. The molecule has 0 saturated carbocycles. The Bertz CT molecular complexity index is 88.3. The fraction of sp³-hybridized carbons (Fsp3) is 0. The van der Waals surface area contributed by atoms with E-state index < -0.39 is 10.4 Å². The van der Waals surface area contributed by atoms with Crippen LogP contribution in [0, 0.1) is 0 Å². The van der Waals surface area contributed by atoms with E-state index in [4.69, 9.17) is 17.5 Å². The van der Waals surface area contributed by atoms with Crippen molar-refractivity contribution in [3.63, 3.8) is 0 Å². The van der Waals surface area contributed by atoms with Crippen LogP contribution in [0.3, 0.4) is 0 Å². The van der Waals surface area contributed by atoms with Gasteiger partial charge in [-0.2, -0.15) is 8.42 Å². The molecular formula is H18O12S. The van der Waals surface area contributed by atoms with Gasteiger partial charge in [-0.15, -0.1) is 0 Å². The van der Waals surface area contributed by atoms with Crippen molar-refractivity contribution >= 4 is 10.4 Å². The van der Waals surface area contributed by atoms with Gasteiger partial charge in [0.15, 0.2) is 0 Å². The predicted molar refractivity (Wildman–Crippen MR) is 43.1 cm³/mol. The molecule has 12 nitrogen and oxygen atoms in total. The second kappa shape index (κ2) is 41.7. The zero-order chi connectivity index (χ0) is 4.50. The van der Waals surface area contributed by atoms with Gasteiger partial charge in [-0.1, -0.05) is 0 Å². The third-order valence-electron chi connectivity index (χ3n) is 0. The molecule has 0 aromatic rings. The maximum absolute atomic E-state index is 8.74. The first-order valence-corrected chi connectivity index (χ1v) is 2.10. The van der Waals surface area contributed by atoms with Crippen molar-refractivity contribution in [2.24, 2.45) is 0 Å². The average Bonchev–Trinajstić information content (AvgIpc) is 0.722. The van der Waals surface area contributed by atoms with Crippen LogP contribution in [0.1, 0.15) is 0 Å². The monoisotopic (exact) mass is 242 g/mol. The molecule has 0 spiro atoms. The second-order valence-electron chi connectivity index (χ2n) is 0.448. The van der Waals surface area contributed by atoms with Crippen molar-refractivity contribution in [3.8, 4) is 0 Å². The zero-order valence-corrected chi connectivity index (χ0v) is 6.94. The van der Waals surface area contributed by atoms with Crippen LogP contribution < -0.4 is 0 Å². The second-order valence-corrected chi connectivity index (χ2v) is 1.34. The Balaban J connectivity index is -0.00000000286. The highest BCUT2D eigenvalue weighted by molar-refractivity contribution is 7.79. The Labute approximate surface area is 72.9 Å². The third kappa shape index (κ3) is 5200. The summed E-state index contributed by atoms with van der Waals surface area (Å²) in [7, 11) is -4.67. The van der Waals surface area contributed by atoms with Gasteiger partial charge in [0.2, 0.25) is 0 Å². The molecule has 18 N–H and O–H groups in total. The van der Waals surface area contributed by atoms with Gasteiger partial charge in [0.25, 0.3) is 0 Å². The van der Waals surface area contributed by atoms with Crippen LogP contribution in [-0.4, -0.2) is 61.3 Å².